The van der Waals surface area contributed by atoms with E-state index >= 15 is 0 Å². The molecule has 0 amide bonds. The Morgan fingerprint density at radius 1 is 1.36 bits per heavy atom. The summed E-state index contributed by atoms with van der Waals surface area (Å²) < 4.78 is 16.2. The van der Waals surface area contributed by atoms with Gasteiger partial charge in [-0.1, -0.05) is 0 Å². The second kappa shape index (κ2) is 5.16. The molecule has 0 radical (unpaired) electrons. The molecule has 1 aliphatic heterocycles. The summed E-state index contributed by atoms with van der Waals surface area (Å²) in [5, 5.41) is 3.43. The first-order chi connectivity index (χ1) is 10.7. The van der Waals surface area contributed by atoms with E-state index in [1.165, 1.54) is 0 Å². The van der Waals surface area contributed by atoms with Gasteiger partial charge in [0.25, 0.3) is 5.56 Å². The fourth-order valence-corrected chi connectivity index (χ4v) is 3.57. The summed E-state index contributed by atoms with van der Waals surface area (Å²) in [4.78, 5) is 17.2. The predicted octanol–water partition coefficient (Wildman–Crippen LogP) is 2.65. The molecular formula is C17H20FN3O. The molecule has 5 heteroatoms. The predicted molar refractivity (Wildman–Crippen MR) is 83.8 cm³/mol. The van der Waals surface area contributed by atoms with E-state index in [0.717, 1.165) is 49.9 Å². The second-order valence-corrected chi connectivity index (χ2v) is 6.53. The lowest BCUT2D eigenvalue weighted by molar-refractivity contribution is 0.362. The van der Waals surface area contributed by atoms with Crippen molar-refractivity contribution in [2.45, 2.75) is 44.6 Å². The smallest absolute Gasteiger partial charge is 0.264 e. The number of rotatable bonds is 2. The molecule has 1 saturated carbocycles. The monoisotopic (exact) mass is 301 g/mol. The van der Waals surface area contributed by atoms with Gasteiger partial charge in [0.1, 0.15) is 11.2 Å². The van der Waals surface area contributed by atoms with Crippen molar-refractivity contribution in [1.82, 2.24) is 14.9 Å². The van der Waals surface area contributed by atoms with Gasteiger partial charge in [-0.05, 0) is 62.3 Å². The van der Waals surface area contributed by atoms with Gasteiger partial charge in [0.15, 0.2) is 0 Å². The number of fused-ring (bicyclic) bond motifs is 1. The number of aromatic nitrogens is 2. The van der Waals surface area contributed by atoms with Crippen LogP contribution in [0.1, 0.15) is 48.8 Å². The Hall–Kier alpha value is -1.75. The van der Waals surface area contributed by atoms with E-state index in [2.05, 4.69) is 10.3 Å². The molecule has 1 unspecified atom stereocenters. The zero-order valence-electron chi connectivity index (χ0n) is 12.7. The minimum absolute atomic E-state index is 0.0703. The third kappa shape index (κ3) is 2.15. The molecule has 1 saturated heterocycles. The normalized spacial score (nSPS) is 22.2. The van der Waals surface area contributed by atoms with E-state index in [-0.39, 0.29) is 17.0 Å². The second-order valence-electron chi connectivity index (χ2n) is 6.53. The Labute approximate surface area is 128 Å². The molecule has 0 bridgehead atoms. The van der Waals surface area contributed by atoms with E-state index in [0.29, 0.717) is 11.4 Å². The van der Waals surface area contributed by atoms with Gasteiger partial charge in [0, 0.05) is 6.54 Å². The summed E-state index contributed by atoms with van der Waals surface area (Å²) in [6.07, 6.45) is 5.77. The van der Waals surface area contributed by atoms with Gasteiger partial charge in [-0.3, -0.25) is 9.36 Å². The SMILES string of the molecule is Cc1c(C2CC2)cc(F)c2c(=O)n(C3CCCNC3)cnc12. The van der Waals surface area contributed by atoms with E-state index in [1.807, 2.05) is 6.92 Å². The molecule has 2 aromatic rings. The summed E-state index contributed by atoms with van der Waals surface area (Å²) in [5.41, 5.74) is 2.27. The lowest BCUT2D eigenvalue weighted by Crippen LogP contribution is -2.36. The molecule has 4 nitrogen and oxygen atoms in total. The summed E-state index contributed by atoms with van der Waals surface area (Å²) in [6, 6.07) is 1.63. The maximum atomic E-state index is 14.6. The molecule has 116 valence electrons. The summed E-state index contributed by atoms with van der Waals surface area (Å²) >= 11 is 0. The highest BCUT2D eigenvalue weighted by Gasteiger charge is 2.28. The standard InChI is InChI=1S/C17H20FN3O/c1-10-13(11-4-5-11)7-14(18)15-16(10)20-9-21(17(15)22)12-3-2-6-19-8-12/h7,9,11-12,19H,2-6,8H2,1H3. The number of benzene rings is 1. The molecule has 2 aliphatic rings. The number of nitrogens with one attached hydrogen (secondary N) is 1. The zero-order valence-corrected chi connectivity index (χ0v) is 12.7. The van der Waals surface area contributed by atoms with Crippen LogP contribution in [0.25, 0.3) is 10.9 Å². The first-order valence-electron chi connectivity index (χ1n) is 8.07. The molecule has 22 heavy (non-hydrogen) atoms. The number of aryl methyl sites for hydroxylation is 1. The van der Waals surface area contributed by atoms with Crippen molar-refractivity contribution in [1.29, 1.82) is 0 Å². The summed E-state index contributed by atoms with van der Waals surface area (Å²) in [7, 11) is 0. The van der Waals surface area contributed by atoms with Crippen LogP contribution < -0.4 is 10.9 Å². The van der Waals surface area contributed by atoms with E-state index < -0.39 is 5.82 Å². The molecule has 2 fully saturated rings. The van der Waals surface area contributed by atoms with Crippen LogP contribution in [0.15, 0.2) is 17.2 Å². The fourth-order valence-electron chi connectivity index (χ4n) is 3.57. The zero-order chi connectivity index (χ0) is 15.3. The third-order valence-electron chi connectivity index (χ3n) is 4.99. The third-order valence-corrected chi connectivity index (χ3v) is 4.99. The van der Waals surface area contributed by atoms with Gasteiger partial charge in [-0.15, -0.1) is 0 Å². The first kappa shape index (κ1) is 13.9. The van der Waals surface area contributed by atoms with Crippen LogP contribution in [-0.4, -0.2) is 22.6 Å². The van der Waals surface area contributed by atoms with Crippen molar-refractivity contribution in [2.75, 3.05) is 13.1 Å². The lowest BCUT2D eigenvalue weighted by Gasteiger charge is -2.25. The number of halogens is 1. The number of nitrogens with zero attached hydrogens (tertiary/aromatic N) is 2. The molecule has 1 aromatic heterocycles. The molecule has 1 aromatic carbocycles. The van der Waals surface area contributed by atoms with Crippen molar-refractivity contribution in [3.63, 3.8) is 0 Å². The van der Waals surface area contributed by atoms with Crippen LogP contribution >= 0.6 is 0 Å². The van der Waals surface area contributed by atoms with Gasteiger partial charge in [-0.2, -0.15) is 0 Å². The summed E-state index contributed by atoms with van der Waals surface area (Å²) in [6.45, 7) is 3.67. The maximum absolute atomic E-state index is 14.6. The van der Waals surface area contributed by atoms with Crippen molar-refractivity contribution in [3.8, 4) is 0 Å². The van der Waals surface area contributed by atoms with Crippen LogP contribution in [-0.2, 0) is 0 Å². The first-order valence-corrected chi connectivity index (χ1v) is 8.07. The molecule has 1 aliphatic carbocycles. The Balaban J connectivity index is 1.89. The molecular weight excluding hydrogens is 281 g/mol. The highest BCUT2D eigenvalue weighted by atomic mass is 19.1. The van der Waals surface area contributed by atoms with Crippen LogP contribution in [0.2, 0.25) is 0 Å². The van der Waals surface area contributed by atoms with Gasteiger partial charge < -0.3 is 5.32 Å². The minimum Gasteiger partial charge on any atom is -0.315 e. The van der Waals surface area contributed by atoms with Crippen molar-refractivity contribution < 1.29 is 4.39 Å². The van der Waals surface area contributed by atoms with Gasteiger partial charge in [0.2, 0.25) is 0 Å². The van der Waals surface area contributed by atoms with Crippen molar-refractivity contribution >= 4 is 10.9 Å². The fraction of sp³-hybridized carbons (Fsp3) is 0.529. The average molecular weight is 301 g/mol. The van der Waals surface area contributed by atoms with Gasteiger partial charge >= 0.3 is 0 Å². The van der Waals surface area contributed by atoms with Crippen LogP contribution in [0.3, 0.4) is 0 Å². The van der Waals surface area contributed by atoms with Gasteiger partial charge in [0.05, 0.1) is 17.9 Å². The van der Waals surface area contributed by atoms with E-state index in [9.17, 15) is 9.18 Å². The quantitative estimate of drug-likeness (QED) is 0.927. The van der Waals surface area contributed by atoms with Gasteiger partial charge in [-0.25, -0.2) is 9.37 Å². The Bertz CT molecular complexity index is 789. The topological polar surface area (TPSA) is 46.9 Å². The number of piperidine rings is 1. The highest BCUT2D eigenvalue weighted by Crippen LogP contribution is 2.43. The minimum atomic E-state index is -0.418. The average Bonchev–Trinajstić information content (AvgIpc) is 3.36. The Kier molecular flexibility index (Phi) is 3.26. The largest absolute Gasteiger partial charge is 0.315 e. The summed E-state index contributed by atoms with van der Waals surface area (Å²) in [5.74, 6) is 0.0313. The lowest BCUT2D eigenvalue weighted by atomic mass is 10.0. The molecule has 4 rings (SSSR count). The van der Waals surface area contributed by atoms with Crippen LogP contribution in [0.4, 0.5) is 4.39 Å². The van der Waals surface area contributed by atoms with E-state index in [4.69, 9.17) is 0 Å². The maximum Gasteiger partial charge on any atom is 0.264 e. The van der Waals surface area contributed by atoms with Crippen molar-refractivity contribution in [2.24, 2.45) is 0 Å². The molecule has 0 spiro atoms. The van der Waals surface area contributed by atoms with Crippen LogP contribution in [0.5, 0.6) is 0 Å². The number of hydrogen-bond acceptors (Lipinski definition) is 3. The van der Waals surface area contributed by atoms with E-state index in [1.54, 1.807) is 17.0 Å². The highest BCUT2D eigenvalue weighted by molar-refractivity contribution is 5.82. The molecule has 2 heterocycles. The Morgan fingerprint density at radius 2 is 2.18 bits per heavy atom. The molecule has 1 N–H and O–H groups in total. The Morgan fingerprint density at radius 3 is 2.86 bits per heavy atom. The molecule has 1 atom stereocenters. The van der Waals surface area contributed by atoms with Crippen LogP contribution in [0, 0.1) is 12.7 Å². The number of hydrogen-bond donors (Lipinski definition) is 1. The van der Waals surface area contributed by atoms with Crippen molar-refractivity contribution in [3.05, 3.63) is 39.7 Å².